The number of hydrogen-bond donors (Lipinski definition) is 4. The summed E-state index contributed by atoms with van der Waals surface area (Å²) in [4.78, 5) is 22.3. The van der Waals surface area contributed by atoms with Crippen molar-refractivity contribution in [2.24, 2.45) is 5.73 Å². The molecule has 0 aliphatic heterocycles. The molecular weight excluding hydrogens is 252 g/mol. The van der Waals surface area contributed by atoms with Gasteiger partial charge in [0.25, 0.3) is 0 Å². The van der Waals surface area contributed by atoms with Gasteiger partial charge < -0.3 is 26.0 Å². The van der Waals surface area contributed by atoms with E-state index in [4.69, 9.17) is 15.6 Å². The molecule has 0 radical (unpaired) electrons. The summed E-state index contributed by atoms with van der Waals surface area (Å²) in [5.41, 5.74) is 5.47. The summed E-state index contributed by atoms with van der Waals surface area (Å²) in [6.45, 7) is 0.215. The first kappa shape index (κ1) is 14.9. The molecule has 1 amide bonds. The van der Waals surface area contributed by atoms with Crippen molar-refractivity contribution < 1.29 is 24.5 Å². The van der Waals surface area contributed by atoms with Crippen molar-refractivity contribution >= 4 is 17.6 Å². The van der Waals surface area contributed by atoms with Crippen LogP contribution in [-0.2, 0) is 9.53 Å². The van der Waals surface area contributed by atoms with Gasteiger partial charge >= 0.3 is 5.97 Å². The minimum atomic E-state index is -1.24. The lowest BCUT2D eigenvalue weighted by atomic mass is 10.1. The standard InChI is InChI=1S/C12H16N2O5/c1-19-8(6-13)5-11(16)14-7-2-3-9(12(17)18)10(15)4-7/h2-4,8,15H,5-6,13H2,1H3,(H,14,16)(H,17,18). The normalized spacial score (nSPS) is 11.9. The highest BCUT2D eigenvalue weighted by Crippen LogP contribution is 2.22. The van der Waals surface area contributed by atoms with E-state index >= 15 is 0 Å². The van der Waals surface area contributed by atoms with E-state index in [9.17, 15) is 14.7 Å². The molecule has 1 aromatic rings. The fraction of sp³-hybridized carbons (Fsp3) is 0.333. The molecule has 1 aromatic carbocycles. The van der Waals surface area contributed by atoms with Crippen molar-refractivity contribution in [3.05, 3.63) is 23.8 Å². The van der Waals surface area contributed by atoms with Crippen LogP contribution in [0, 0.1) is 0 Å². The van der Waals surface area contributed by atoms with Crippen LogP contribution in [0.3, 0.4) is 0 Å². The van der Waals surface area contributed by atoms with Gasteiger partial charge in [-0.15, -0.1) is 0 Å². The molecule has 1 unspecified atom stereocenters. The zero-order valence-corrected chi connectivity index (χ0v) is 10.4. The van der Waals surface area contributed by atoms with Crippen LogP contribution in [0.4, 0.5) is 5.69 Å². The van der Waals surface area contributed by atoms with Gasteiger partial charge in [-0.1, -0.05) is 0 Å². The second-order valence-corrected chi connectivity index (χ2v) is 3.88. The second kappa shape index (κ2) is 6.72. The van der Waals surface area contributed by atoms with Crippen LogP contribution in [0.1, 0.15) is 16.8 Å². The van der Waals surface area contributed by atoms with Gasteiger partial charge in [0.1, 0.15) is 11.3 Å². The lowest BCUT2D eigenvalue weighted by Gasteiger charge is -2.12. The molecule has 7 nitrogen and oxygen atoms in total. The fourth-order valence-electron chi connectivity index (χ4n) is 1.47. The van der Waals surface area contributed by atoms with Crippen molar-refractivity contribution in [1.29, 1.82) is 0 Å². The number of nitrogens with two attached hydrogens (primary N) is 1. The molecule has 0 saturated heterocycles. The molecule has 7 heteroatoms. The van der Waals surface area contributed by atoms with E-state index in [1.54, 1.807) is 0 Å². The van der Waals surface area contributed by atoms with Crippen LogP contribution in [0.2, 0.25) is 0 Å². The molecule has 0 aliphatic rings. The van der Waals surface area contributed by atoms with E-state index in [2.05, 4.69) is 5.32 Å². The predicted octanol–water partition coefficient (Wildman–Crippen LogP) is 0.393. The summed E-state index contributed by atoms with van der Waals surface area (Å²) in [5.74, 6) is -1.98. The van der Waals surface area contributed by atoms with Crippen molar-refractivity contribution in [1.82, 2.24) is 0 Å². The molecule has 0 aliphatic carbocycles. The number of anilines is 1. The van der Waals surface area contributed by atoms with Crippen LogP contribution in [0.5, 0.6) is 5.75 Å². The average Bonchev–Trinajstić information content (AvgIpc) is 2.35. The van der Waals surface area contributed by atoms with Crippen LogP contribution < -0.4 is 11.1 Å². The highest BCUT2D eigenvalue weighted by molar-refractivity contribution is 5.94. The van der Waals surface area contributed by atoms with E-state index in [0.717, 1.165) is 0 Å². The van der Waals surface area contributed by atoms with Gasteiger partial charge in [-0.3, -0.25) is 4.79 Å². The lowest BCUT2D eigenvalue weighted by Crippen LogP contribution is -2.28. The van der Waals surface area contributed by atoms with Gasteiger partial charge in [0.2, 0.25) is 5.91 Å². The summed E-state index contributed by atoms with van der Waals surface area (Å²) in [6, 6.07) is 3.78. The van der Waals surface area contributed by atoms with E-state index in [0.29, 0.717) is 5.69 Å². The van der Waals surface area contributed by atoms with Crippen LogP contribution >= 0.6 is 0 Å². The summed E-state index contributed by atoms with van der Waals surface area (Å²) in [7, 11) is 1.46. The molecule has 104 valence electrons. The number of carboxylic acids is 1. The third-order valence-corrected chi connectivity index (χ3v) is 2.52. The highest BCUT2D eigenvalue weighted by Gasteiger charge is 2.13. The number of rotatable bonds is 6. The molecule has 0 aromatic heterocycles. The summed E-state index contributed by atoms with van der Waals surface area (Å²) in [5, 5.41) is 20.7. The van der Waals surface area contributed by atoms with E-state index in [1.165, 1.54) is 25.3 Å². The molecule has 0 fully saturated rings. The lowest BCUT2D eigenvalue weighted by molar-refractivity contribution is -0.118. The van der Waals surface area contributed by atoms with Crippen LogP contribution in [-0.4, -0.2) is 41.8 Å². The number of benzene rings is 1. The number of carboxylic acid groups (broad SMARTS) is 1. The Hall–Kier alpha value is -2.12. The highest BCUT2D eigenvalue weighted by atomic mass is 16.5. The van der Waals surface area contributed by atoms with Crippen molar-refractivity contribution in [3.8, 4) is 5.75 Å². The van der Waals surface area contributed by atoms with Gasteiger partial charge in [0.15, 0.2) is 0 Å². The Morgan fingerprint density at radius 3 is 2.63 bits per heavy atom. The molecular formula is C12H16N2O5. The third kappa shape index (κ3) is 4.23. The Morgan fingerprint density at radius 2 is 2.16 bits per heavy atom. The Balaban J connectivity index is 2.70. The molecule has 1 atom stereocenters. The Labute approximate surface area is 110 Å². The number of aromatic carboxylic acids is 1. The molecule has 0 bridgehead atoms. The number of carbonyl (C=O) groups excluding carboxylic acids is 1. The third-order valence-electron chi connectivity index (χ3n) is 2.52. The summed E-state index contributed by atoms with van der Waals surface area (Å²) < 4.78 is 4.97. The molecule has 19 heavy (non-hydrogen) atoms. The Morgan fingerprint density at radius 1 is 1.47 bits per heavy atom. The van der Waals surface area contributed by atoms with Crippen LogP contribution in [0.15, 0.2) is 18.2 Å². The van der Waals surface area contributed by atoms with Crippen molar-refractivity contribution in [2.75, 3.05) is 19.0 Å². The van der Waals surface area contributed by atoms with Gasteiger partial charge in [-0.25, -0.2) is 4.79 Å². The number of methoxy groups -OCH3 is 1. The van der Waals surface area contributed by atoms with Gasteiger partial charge in [-0.05, 0) is 12.1 Å². The first-order valence-electron chi connectivity index (χ1n) is 5.57. The van der Waals surface area contributed by atoms with Gasteiger partial charge in [0, 0.05) is 25.4 Å². The summed E-state index contributed by atoms with van der Waals surface area (Å²) >= 11 is 0. The Kier molecular flexibility index (Phi) is 5.28. The summed E-state index contributed by atoms with van der Waals surface area (Å²) in [6.07, 6.45) is -0.305. The predicted molar refractivity (Wildman–Crippen MR) is 68.2 cm³/mol. The van der Waals surface area contributed by atoms with Gasteiger partial charge in [0.05, 0.1) is 12.5 Å². The molecule has 0 spiro atoms. The van der Waals surface area contributed by atoms with Crippen molar-refractivity contribution in [3.63, 3.8) is 0 Å². The number of carbonyl (C=O) groups is 2. The zero-order valence-electron chi connectivity index (χ0n) is 10.4. The Bertz CT molecular complexity index is 471. The number of phenols is 1. The first-order valence-corrected chi connectivity index (χ1v) is 5.57. The quantitative estimate of drug-likeness (QED) is 0.592. The average molecular weight is 268 g/mol. The maximum atomic E-state index is 11.6. The first-order chi connectivity index (χ1) is 8.97. The number of aromatic hydroxyl groups is 1. The molecule has 0 saturated carbocycles. The van der Waals surface area contributed by atoms with Gasteiger partial charge in [-0.2, -0.15) is 0 Å². The van der Waals surface area contributed by atoms with E-state index in [1.807, 2.05) is 0 Å². The number of amides is 1. The minimum Gasteiger partial charge on any atom is -0.507 e. The SMILES string of the molecule is COC(CN)CC(=O)Nc1ccc(C(=O)O)c(O)c1. The molecule has 5 N–H and O–H groups in total. The molecule has 0 heterocycles. The topological polar surface area (TPSA) is 122 Å². The number of hydrogen-bond acceptors (Lipinski definition) is 5. The largest absolute Gasteiger partial charge is 0.507 e. The number of ether oxygens (including phenoxy) is 1. The monoisotopic (exact) mass is 268 g/mol. The molecule has 1 rings (SSSR count). The zero-order chi connectivity index (χ0) is 14.4. The second-order valence-electron chi connectivity index (χ2n) is 3.88. The smallest absolute Gasteiger partial charge is 0.339 e. The fourth-order valence-corrected chi connectivity index (χ4v) is 1.47. The van der Waals surface area contributed by atoms with Crippen molar-refractivity contribution in [2.45, 2.75) is 12.5 Å². The van der Waals surface area contributed by atoms with Crippen LogP contribution in [0.25, 0.3) is 0 Å². The van der Waals surface area contributed by atoms with E-state index < -0.39 is 11.7 Å². The number of nitrogens with one attached hydrogen (secondary N) is 1. The maximum absolute atomic E-state index is 11.6. The minimum absolute atomic E-state index is 0.0778. The van der Waals surface area contributed by atoms with E-state index in [-0.39, 0.29) is 30.5 Å². The maximum Gasteiger partial charge on any atom is 0.339 e.